The molecule has 3 aromatic carbocycles. The normalized spacial score (nSPS) is 10.5. The molecule has 4 rings (SSSR count). The molecule has 0 aliphatic heterocycles. The number of hydrogen-bond donors (Lipinski definition) is 0. The number of nitrogens with zero attached hydrogens (tertiary/aromatic N) is 2. The second-order valence-corrected chi connectivity index (χ2v) is 7.81. The van der Waals surface area contributed by atoms with Crippen LogP contribution in [0.2, 0.25) is 0 Å². The first-order valence-electron chi connectivity index (χ1n) is 8.99. The SMILES string of the molecule is Cc1cc(C)c(-n2cc(Sc3ccccc3)nc2-c2[c-]cccc2)c(C)c1.[Ir]. The summed E-state index contributed by atoms with van der Waals surface area (Å²) in [6, 6.07) is 26.2. The summed E-state index contributed by atoms with van der Waals surface area (Å²) >= 11 is 1.68. The summed E-state index contributed by atoms with van der Waals surface area (Å²) in [6.45, 7) is 6.47. The van der Waals surface area contributed by atoms with E-state index in [0.717, 1.165) is 16.4 Å². The van der Waals surface area contributed by atoms with Crippen LogP contribution in [0.5, 0.6) is 0 Å². The van der Waals surface area contributed by atoms with Crippen molar-refractivity contribution in [3.8, 4) is 17.1 Å². The van der Waals surface area contributed by atoms with Crippen molar-refractivity contribution in [1.82, 2.24) is 9.55 Å². The molecule has 28 heavy (non-hydrogen) atoms. The smallest absolute Gasteiger partial charge is 0.108 e. The van der Waals surface area contributed by atoms with E-state index in [4.69, 9.17) is 4.98 Å². The van der Waals surface area contributed by atoms with Crippen LogP contribution in [0, 0.1) is 26.8 Å². The van der Waals surface area contributed by atoms with Gasteiger partial charge < -0.3 is 4.57 Å². The van der Waals surface area contributed by atoms with Crippen LogP contribution in [-0.2, 0) is 20.1 Å². The Morgan fingerprint density at radius 3 is 2.21 bits per heavy atom. The maximum Gasteiger partial charge on any atom is 0.108 e. The van der Waals surface area contributed by atoms with Gasteiger partial charge in [-0.3, -0.25) is 4.98 Å². The van der Waals surface area contributed by atoms with Crippen molar-refractivity contribution >= 4 is 11.8 Å². The first-order valence-corrected chi connectivity index (χ1v) is 9.81. The van der Waals surface area contributed by atoms with Crippen LogP contribution >= 0.6 is 11.8 Å². The summed E-state index contributed by atoms with van der Waals surface area (Å²) in [4.78, 5) is 6.13. The molecule has 143 valence electrons. The van der Waals surface area contributed by atoms with E-state index in [0.29, 0.717) is 0 Å². The van der Waals surface area contributed by atoms with E-state index in [1.165, 1.54) is 27.3 Å². The number of benzene rings is 3. The first kappa shape index (κ1) is 20.6. The summed E-state index contributed by atoms with van der Waals surface area (Å²) in [5.74, 6) is 0.920. The molecule has 0 aliphatic carbocycles. The van der Waals surface area contributed by atoms with Gasteiger partial charge in [0.1, 0.15) is 5.03 Å². The Labute approximate surface area is 184 Å². The third kappa shape index (κ3) is 4.30. The van der Waals surface area contributed by atoms with Gasteiger partial charge in [0.15, 0.2) is 0 Å². The van der Waals surface area contributed by atoms with Gasteiger partial charge in [0, 0.05) is 36.9 Å². The predicted molar refractivity (Wildman–Crippen MR) is 113 cm³/mol. The Morgan fingerprint density at radius 1 is 0.893 bits per heavy atom. The fourth-order valence-corrected chi connectivity index (χ4v) is 4.29. The molecular formula is C24H21IrN2S-. The fraction of sp³-hybridized carbons (Fsp3) is 0.125. The Hall–Kier alpha value is -2.13. The standard InChI is InChI=1S/C24H21N2S.Ir/c1-17-14-18(2)23(19(3)15-17)26-16-22(27-21-12-8-5-9-13-21)25-24(26)20-10-6-4-7-11-20;/h4-10,12-16H,1-3H3;/q-1;. The Kier molecular flexibility index (Phi) is 6.56. The zero-order chi connectivity index (χ0) is 18.8. The molecule has 0 spiro atoms. The summed E-state index contributed by atoms with van der Waals surface area (Å²) in [6.07, 6.45) is 2.14. The molecule has 1 radical (unpaired) electrons. The van der Waals surface area contributed by atoms with E-state index in [1.54, 1.807) is 11.8 Å². The zero-order valence-electron chi connectivity index (χ0n) is 16.1. The second-order valence-electron chi connectivity index (χ2n) is 6.71. The predicted octanol–water partition coefficient (Wildman–Crippen LogP) is 6.41. The van der Waals surface area contributed by atoms with Gasteiger partial charge in [0.25, 0.3) is 0 Å². The molecule has 0 unspecified atom stereocenters. The monoisotopic (exact) mass is 562 g/mol. The van der Waals surface area contributed by atoms with Crippen LogP contribution in [0.3, 0.4) is 0 Å². The molecule has 0 saturated heterocycles. The van der Waals surface area contributed by atoms with Crippen molar-refractivity contribution in [1.29, 1.82) is 0 Å². The molecule has 0 saturated carbocycles. The molecule has 1 aromatic heterocycles. The number of aryl methyl sites for hydroxylation is 3. The quantitative estimate of drug-likeness (QED) is 0.268. The van der Waals surface area contributed by atoms with Crippen LogP contribution in [-0.4, -0.2) is 9.55 Å². The van der Waals surface area contributed by atoms with E-state index in [9.17, 15) is 0 Å². The third-order valence-electron chi connectivity index (χ3n) is 4.48. The van der Waals surface area contributed by atoms with Crippen LogP contribution in [0.4, 0.5) is 0 Å². The minimum atomic E-state index is 0. The van der Waals surface area contributed by atoms with E-state index in [-0.39, 0.29) is 20.1 Å². The number of rotatable bonds is 4. The summed E-state index contributed by atoms with van der Waals surface area (Å²) in [5.41, 5.74) is 5.97. The molecule has 0 atom stereocenters. The van der Waals surface area contributed by atoms with Crippen molar-refractivity contribution in [2.75, 3.05) is 0 Å². The summed E-state index contributed by atoms with van der Waals surface area (Å²) < 4.78 is 2.21. The van der Waals surface area contributed by atoms with Gasteiger partial charge in [-0.15, -0.1) is 35.9 Å². The van der Waals surface area contributed by atoms with Crippen LogP contribution < -0.4 is 0 Å². The second kappa shape index (κ2) is 8.91. The average molecular weight is 562 g/mol. The van der Waals surface area contributed by atoms with Crippen molar-refractivity contribution in [2.24, 2.45) is 0 Å². The topological polar surface area (TPSA) is 17.8 Å². The van der Waals surface area contributed by atoms with Crippen LogP contribution in [0.1, 0.15) is 16.7 Å². The molecule has 4 heteroatoms. The largest absolute Gasteiger partial charge is 0.338 e. The zero-order valence-corrected chi connectivity index (χ0v) is 19.3. The average Bonchev–Trinajstić information content (AvgIpc) is 3.06. The Balaban J connectivity index is 0.00000225. The minimum Gasteiger partial charge on any atom is -0.338 e. The van der Waals surface area contributed by atoms with E-state index in [1.807, 2.05) is 24.3 Å². The minimum absolute atomic E-state index is 0. The van der Waals surface area contributed by atoms with Gasteiger partial charge in [-0.1, -0.05) is 47.7 Å². The number of hydrogen-bond acceptors (Lipinski definition) is 2. The van der Waals surface area contributed by atoms with E-state index >= 15 is 0 Å². The molecule has 0 fully saturated rings. The maximum atomic E-state index is 4.95. The molecule has 0 aliphatic rings. The van der Waals surface area contributed by atoms with Gasteiger partial charge >= 0.3 is 0 Å². The van der Waals surface area contributed by atoms with Gasteiger partial charge in [-0.05, 0) is 44.0 Å². The first-order chi connectivity index (χ1) is 13.1. The third-order valence-corrected chi connectivity index (χ3v) is 5.39. The summed E-state index contributed by atoms with van der Waals surface area (Å²) in [5, 5.41) is 0.979. The Bertz CT molecular complexity index is 1050. The number of imidazole rings is 1. The van der Waals surface area contributed by atoms with Gasteiger partial charge in [-0.25, -0.2) is 0 Å². The summed E-state index contributed by atoms with van der Waals surface area (Å²) in [7, 11) is 0. The van der Waals surface area contributed by atoms with Gasteiger partial charge in [0.2, 0.25) is 0 Å². The molecular weight excluding hydrogens is 541 g/mol. The van der Waals surface area contributed by atoms with Gasteiger partial charge in [0.05, 0.1) is 5.82 Å². The van der Waals surface area contributed by atoms with Crippen LogP contribution in [0.25, 0.3) is 17.1 Å². The fourth-order valence-electron chi connectivity index (χ4n) is 3.46. The molecule has 1 heterocycles. The van der Waals surface area contributed by atoms with Crippen molar-refractivity contribution in [3.63, 3.8) is 0 Å². The van der Waals surface area contributed by atoms with E-state index < -0.39 is 0 Å². The van der Waals surface area contributed by atoms with Gasteiger partial charge in [-0.2, -0.15) is 0 Å². The van der Waals surface area contributed by atoms with Crippen molar-refractivity contribution in [3.05, 3.63) is 95.7 Å². The molecule has 0 amide bonds. The number of aromatic nitrogens is 2. The molecule has 0 bridgehead atoms. The van der Waals surface area contributed by atoms with Crippen molar-refractivity contribution < 1.29 is 20.1 Å². The maximum absolute atomic E-state index is 4.95. The molecule has 2 nitrogen and oxygen atoms in total. The van der Waals surface area contributed by atoms with E-state index in [2.05, 4.69) is 80.1 Å². The van der Waals surface area contributed by atoms with Crippen LogP contribution in [0.15, 0.2) is 82.8 Å². The van der Waals surface area contributed by atoms with Crippen molar-refractivity contribution in [2.45, 2.75) is 30.7 Å². The molecule has 4 aromatic rings. The molecule has 0 N–H and O–H groups in total. The Morgan fingerprint density at radius 2 is 1.57 bits per heavy atom.